The van der Waals surface area contributed by atoms with Crippen LogP contribution in [-0.4, -0.2) is 48.1 Å². The van der Waals surface area contributed by atoms with Crippen molar-refractivity contribution in [1.29, 1.82) is 0 Å². The molecule has 10 heteroatoms. The molecule has 1 aliphatic heterocycles. The zero-order chi connectivity index (χ0) is 20.3. The number of quaternary nitrogens is 1. The number of benzene rings is 1. The number of rotatable bonds is 4. The van der Waals surface area contributed by atoms with E-state index in [9.17, 15) is 18.0 Å². The summed E-state index contributed by atoms with van der Waals surface area (Å²) in [6, 6.07) is 4.55. The molecule has 2 heterocycles. The van der Waals surface area contributed by atoms with Crippen LogP contribution in [0.2, 0.25) is 5.02 Å². The summed E-state index contributed by atoms with van der Waals surface area (Å²) in [5.41, 5.74) is -1.24. The van der Waals surface area contributed by atoms with Crippen LogP contribution in [-0.2, 0) is 11.0 Å². The SMILES string of the molecule is C[C@@H](C(=O)Nc1ccc(Cl)cc1C(F)(F)F)[NH+]1CCN(c2ncccn2)CC1. The van der Waals surface area contributed by atoms with E-state index in [0.717, 1.165) is 11.0 Å². The first kappa shape index (κ1) is 20.3. The van der Waals surface area contributed by atoms with Gasteiger partial charge >= 0.3 is 6.18 Å². The average molecular weight is 415 g/mol. The Hall–Kier alpha value is -2.39. The van der Waals surface area contributed by atoms with Crippen LogP contribution in [0.15, 0.2) is 36.7 Å². The zero-order valence-corrected chi connectivity index (χ0v) is 15.9. The second-order valence-corrected chi connectivity index (χ2v) is 7.03. The Labute approximate surface area is 165 Å². The largest absolute Gasteiger partial charge is 0.418 e. The highest BCUT2D eigenvalue weighted by Crippen LogP contribution is 2.36. The van der Waals surface area contributed by atoms with E-state index < -0.39 is 23.7 Å². The summed E-state index contributed by atoms with van der Waals surface area (Å²) in [4.78, 5) is 24.0. The Morgan fingerprint density at radius 2 is 1.89 bits per heavy atom. The van der Waals surface area contributed by atoms with E-state index in [-0.39, 0.29) is 10.7 Å². The summed E-state index contributed by atoms with van der Waals surface area (Å²) in [5, 5.41) is 2.37. The van der Waals surface area contributed by atoms with Crippen LogP contribution in [0.1, 0.15) is 12.5 Å². The van der Waals surface area contributed by atoms with Crippen LogP contribution in [0.4, 0.5) is 24.8 Å². The Morgan fingerprint density at radius 1 is 1.25 bits per heavy atom. The standard InChI is InChI=1S/C18H19ClF3N5O/c1-12(26-7-9-27(10-8-26)17-23-5-2-6-24-17)16(28)25-15-4-3-13(19)11-14(15)18(20,21)22/h2-6,11-12H,7-10H2,1H3,(H,25,28)/p+1/t12-/m0/s1. The topological polar surface area (TPSA) is 62.6 Å². The number of piperazine rings is 1. The maximum absolute atomic E-state index is 13.2. The first-order valence-electron chi connectivity index (χ1n) is 8.80. The quantitative estimate of drug-likeness (QED) is 0.802. The third-order valence-corrected chi connectivity index (χ3v) is 5.03. The van der Waals surface area contributed by atoms with E-state index in [4.69, 9.17) is 11.6 Å². The minimum absolute atomic E-state index is 0.0387. The smallest absolute Gasteiger partial charge is 0.330 e. The molecule has 28 heavy (non-hydrogen) atoms. The molecular weight excluding hydrogens is 395 g/mol. The lowest BCUT2D eigenvalue weighted by molar-refractivity contribution is -0.914. The highest BCUT2D eigenvalue weighted by Gasteiger charge is 2.36. The first-order valence-corrected chi connectivity index (χ1v) is 9.17. The maximum atomic E-state index is 13.2. The summed E-state index contributed by atoms with van der Waals surface area (Å²) in [6.45, 7) is 4.33. The fourth-order valence-electron chi connectivity index (χ4n) is 3.17. The molecule has 3 rings (SSSR count). The molecule has 1 atom stereocenters. The summed E-state index contributed by atoms with van der Waals surface area (Å²) in [5.74, 6) is 0.168. The van der Waals surface area contributed by atoms with Crippen molar-refractivity contribution in [2.75, 3.05) is 36.4 Å². The fourth-order valence-corrected chi connectivity index (χ4v) is 3.34. The second kappa shape index (κ2) is 8.32. The summed E-state index contributed by atoms with van der Waals surface area (Å²) >= 11 is 5.68. The van der Waals surface area contributed by atoms with E-state index >= 15 is 0 Å². The van der Waals surface area contributed by atoms with E-state index in [1.807, 2.05) is 4.90 Å². The van der Waals surface area contributed by atoms with Crippen molar-refractivity contribution in [3.8, 4) is 0 Å². The summed E-state index contributed by atoms with van der Waals surface area (Å²) in [6.07, 6.45) is -1.27. The van der Waals surface area contributed by atoms with E-state index in [2.05, 4.69) is 15.3 Å². The van der Waals surface area contributed by atoms with Gasteiger partial charge in [0.15, 0.2) is 6.04 Å². The second-order valence-electron chi connectivity index (χ2n) is 6.59. The minimum atomic E-state index is -4.61. The first-order chi connectivity index (χ1) is 13.3. The Kier molecular flexibility index (Phi) is 6.04. The van der Waals surface area contributed by atoms with E-state index in [1.54, 1.807) is 25.4 Å². The lowest BCUT2D eigenvalue weighted by atomic mass is 10.1. The van der Waals surface area contributed by atoms with Gasteiger partial charge < -0.3 is 15.1 Å². The van der Waals surface area contributed by atoms with E-state index in [1.165, 1.54) is 12.1 Å². The number of halogens is 4. The minimum Gasteiger partial charge on any atom is -0.330 e. The van der Waals surface area contributed by atoms with Crippen LogP contribution in [0.3, 0.4) is 0 Å². The number of carbonyl (C=O) groups is 1. The predicted molar refractivity (Wildman–Crippen MR) is 99.5 cm³/mol. The van der Waals surface area contributed by atoms with Gasteiger partial charge in [-0.3, -0.25) is 4.79 Å². The van der Waals surface area contributed by atoms with Gasteiger partial charge in [-0.15, -0.1) is 0 Å². The molecule has 1 aromatic carbocycles. The molecule has 0 unspecified atom stereocenters. The third kappa shape index (κ3) is 4.71. The number of hydrogen-bond acceptors (Lipinski definition) is 4. The predicted octanol–water partition coefficient (Wildman–Crippen LogP) is 1.88. The zero-order valence-electron chi connectivity index (χ0n) is 15.1. The number of nitrogens with one attached hydrogen (secondary N) is 2. The van der Waals surface area contributed by atoms with Gasteiger partial charge in [-0.05, 0) is 31.2 Å². The Balaban J connectivity index is 1.63. The number of carbonyl (C=O) groups excluding carboxylic acids is 1. The molecule has 0 bridgehead atoms. The average Bonchev–Trinajstić information content (AvgIpc) is 2.68. The number of alkyl halides is 3. The van der Waals surface area contributed by atoms with Crippen molar-refractivity contribution in [3.05, 3.63) is 47.2 Å². The monoisotopic (exact) mass is 414 g/mol. The van der Waals surface area contributed by atoms with Crippen LogP contribution in [0.25, 0.3) is 0 Å². The highest BCUT2D eigenvalue weighted by atomic mass is 35.5. The molecule has 0 radical (unpaired) electrons. The molecule has 1 fully saturated rings. The Morgan fingerprint density at radius 3 is 2.50 bits per heavy atom. The molecule has 6 nitrogen and oxygen atoms in total. The molecule has 2 aromatic rings. The normalized spacial score (nSPS) is 16.7. The lowest BCUT2D eigenvalue weighted by Crippen LogP contribution is -3.19. The van der Waals surface area contributed by atoms with Gasteiger partial charge in [-0.2, -0.15) is 13.2 Å². The van der Waals surface area contributed by atoms with Crippen LogP contribution >= 0.6 is 11.6 Å². The summed E-state index contributed by atoms with van der Waals surface area (Å²) < 4.78 is 39.6. The number of aromatic nitrogens is 2. The van der Waals surface area contributed by atoms with Crippen LogP contribution < -0.4 is 15.1 Å². The van der Waals surface area contributed by atoms with Gasteiger partial charge in [0.25, 0.3) is 5.91 Å². The molecule has 2 N–H and O–H groups in total. The number of hydrogen-bond donors (Lipinski definition) is 2. The molecule has 1 aliphatic rings. The van der Waals surface area contributed by atoms with Gasteiger partial charge in [-0.1, -0.05) is 11.6 Å². The number of anilines is 2. The molecular formula is C18H20ClF3N5O+. The van der Waals surface area contributed by atoms with Gasteiger partial charge in [0.2, 0.25) is 5.95 Å². The summed E-state index contributed by atoms with van der Waals surface area (Å²) in [7, 11) is 0. The van der Waals surface area contributed by atoms with Gasteiger partial charge in [0.05, 0.1) is 37.4 Å². The fraction of sp³-hybridized carbons (Fsp3) is 0.389. The van der Waals surface area contributed by atoms with Gasteiger partial charge in [0.1, 0.15) is 0 Å². The van der Waals surface area contributed by atoms with E-state index in [0.29, 0.717) is 32.1 Å². The maximum Gasteiger partial charge on any atom is 0.418 e. The molecule has 0 saturated carbocycles. The third-order valence-electron chi connectivity index (χ3n) is 4.79. The van der Waals surface area contributed by atoms with Crippen molar-refractivity contribution in [2.45, 2.75) is 19.1 Å². The van der Waals surface area contributed by atoms with Gasteiger partial charge in [-0.25, -0.2) is 9.97 Å². The van der Waals surface area contributed by atoms with Crippen molar-refractivity contribution in [2.24, 2.45) is 0 Å². The van der Waals surface area contributed by atoms with Crippen LogP contribution in [0.5, 0.6) is 0 Å². The lowest BCUT2D eigenvalue weighted by Gasteiger charge is -2.34. The highest BCUT2D eigenvalue weighted by molar-refractivity contribution is 6.30. The van der Waals surface area contributed by atoms with Crippen molar-refractivity contribution < 1.29 is 22.9 Å². The molecule has 1 aromatic heterocycles. The number of amides is 1. The van der Waals surface area contributed by atoms with Crippen LogP contribution in [0, 0.1) is 0 Å². The molecule has 1 amide bonds. The Bertz CT molecular complexity index is 826. The molecule has 1 saturated heterocycles. The van der Waals surface area contributed by atoms with Crippen molar-refractivity contribution >= 4 is 29.1 Å². The molecule has 150 valence electrons. The molecule has 0 spiro atoms. The van der Waals surface area contributed by atoms with Crippen molar-refractivity contribution in [1.82, 2.24) is 9.97 Å². The van der Waals surface area contributed by atoms with Crippen molar-refractivity contribution in [3.63, 3.8) is 0 Å². The van der Waals surface area contributed by atoms with Gasteiger partial charge in [0, 0.05) is 17.4 Å². The molecule has 0 aliphatic carbocycles. The number of nitrogens with zero attached hydrogens (tertiary/aromatic N) is 3.